The molecule has 1 aliphatic carbocycles. The fourth-order valence-electron chi connectivity index (χ4n) is 12.6. The van der Waals surface area contributed by atoms with E-state index in [2.05, 4.69) is 195 Å². The molecule has 3 heterocycles. The molecule has 2 aliphatic heterocycles. The number of rotatable bonds is 8. The van der Waals surface area contributed by atoms with Crippen LogP contribution in [-0.2, 0) is 21.8 Å². The molecule has 3 aliphatic rings. The van der Waals surface area contributed by atoms with Crippen molar-refractivity contribution in [2.75, 3.05) is 28.4 Å². The van der Waals surface area contributed by atoms with E-state index in [1.54, 1.807) is 28.4 Å². The molecule has 0 N–H and O–H groups in total. The molecule has 8 heteroatoms. The van der Waals surface area contributed by atoms with Gasteiger partial charge in [-0.3, -0.25) is 0 Å². The Morgan fingerprint density at radius 3 is 1.37 bits per heavy atom. The van der Waals surface area contributed by atoms with Gasteiger partial charge in [0.25, 0.3) is 0 Å². The minimum absolute atomic E-state index is 0.125. The Morgan fingerprint density at radius 2 is 0.889 bits per heavy atom. The summed E-state index contributed by atoms with van der Waals surface area (Å²) in [5.41, 5.74) is 14.6. The van der Waals surface area contributed by atoms with E-state index in [4.69, 9.17) is 33.9 Å². The van der Waals surface area contributed by atoms with Gasteiger partial charge in [0.1, 0.15) is 34.4 Å². The molecule has 9 aromatic carbocycles. The van der Waals surface area contributed by atoms with Crippen LogP contribution in [0, 0.1) is 6.92 Å². The van der Waals surface area contributed by atoms with Crippen molar-refractivity contribution in [3.8, 4) is 56.9 Å². The van der Waals surface area contributed by atoms with Gasteiger partial charge in [0.2, 0.25) is 0 Å². The van der Waals surface area contributed by atoms with Gasteiger partial charge in [-0.05, 0) is 210 Å². The second kappa shape index (κ2) is 18.4. The number of aryl methyl sites for hydroxylation is 1. The highest BCUT2D eigenvalue weighted by molar-refractivity contribution is 6.55. The van der Waals surface area contributed by atoms with Crippen LogP contribution < -0.4 is 24.2 Å². The lowest BCUT2D eigenvalue weighted by molar-refractivity contribution is 0.414. The third kappa shape index (κ3) is 8.03. The monoisotopic (exact) mass is 1060 g/mol. The molecule has 81 heavy (non-hydrogen) atoms. The second-order valence-corrected chi connectivity index (χ2v) is 25.2. The van der Waals surface area contributed by atoms with Crippen LogP contribution in [0.1, 0.15) is 107 Å². The van der Waals surface area contributed by atoms with Crippen molar-refractivity contribution >= 4 is 49.8 Å². The van der Waals surface area contributed by atoms with E-state index in [1.165, 1.54) is 49.0 Å². The van der Waals surface area contributed by atoms with E-state index in [0.717, 1.165) is 107 Å². The van der Waals surface area contributed by atoms with Gasteiger partial charge < -0.3 is 23.5 Å². The summed E-state index contributed by atoms with van der Waals surface area (Å²) in [4.78, 5) is 17.7. The van der Waals surface area contributed by atoms with Crippen molar-refractivity contribution in [1.29, 1.82) is 0 Å². The zero-order chi connectivity index (χ0) is 56.7. The maximum absolute atomic E-state index is 5.89. The van der Waals surface area contributed by atoms with Crippen LogP contribution in [0.5, 0.6) is 23.0 Å². The molecule has 0 radical (unpaired) electrons. The van der Waals surface area contributed by atoms with E-state index in [9.17, 15) is 0 Å². The zero-order valence-corrected chi connectivity index (χ0v) is 48.9. The van der Waals surface area contributed by atoms with E-state index >= 15 is 0 Å². The Hall–Kier alpha value is -8.75. The number of aliphatic imine (C=N–C) groups is 2. The number of hydrogen-bond donors (Lipinski definition) is 0. The molecule has 1 unspecified atom stereocenters. The largest absolute Gasteiger partial charge is 0.497 e. The van der Waals surface area contributed by atoms with Crippen molar-refractivity contribution in [3.63, 3.8) is 0 Å². The first kappa shape index (κ1) is 51.7. The minimum atomic E-state index is -1.12. The van der Waals surface area contributed by atoms with Crippen LogP contribution in [0.4, 0.5) is 0 Å². The molecule has 13 rings (SSSR count). The number of benzene rings is 9. The van der Waals surface area contributed by atoms with Crippen LogP contribution in [-0.4, -0.2) is 49.4 Å². The molecule has 1 spiro atoms. The number of hydrogen-bond acceptors (Lipinski definition) is 7. The number of aromatic nitrogens is 2. The molecule has 404 valence electrons. The van der Waals surface area contributed by atoms with E-state index in [-0.39, 0.29) is 16.2 Å². The quantitative estimate of drug-likeness (QED) is 0.112. The molecule has 0 fully saturated rings. The maximum Gasteiger partial charge on any atom is 0.159 e. The summed E-state index contributed by atoms with van der Waals surface area (Å²) in [6, 6.07) is 54.9. The first-order chi connectivity index (χ1) is 38.7. The number of imidazole rings is 1. The molecule has 1 aromatic heterocycles. The Labute approximate surface area is 475 Å². The molecule has 0 saturated heterocycles. The number of methoxy groups -OCH3 is 4. The molecule has 0 saturated carbocycles. The average molecular weight is 1070 g/mol. The molecule has 1 atom stereocenters. The average Bonchev–Trinajstić information content (AvgIpc) is 2.09. The highest BCUT2D eigenvalue weighted by Crippen LogP contribution is 2.60. The molecule has 0 bridgehead atoms. The summed E-state index contributed by atoms with van der Waals surface area (Å²) in [6.07, 6.45) is 2.47. The van der Waals surface area contributed by atoms with Crippen molar-refractivity contribution in [2.45, 2.75) is 91.0 Å². The Balaban J connectivity index is 1.31. The SMILES string of the molecule is COc1ccc(C2=NC(=C3C=c4c5cc(C(C)(C)C)cc6cc(C(C)(C)C)cc(c7cc(C(C)(C)C)cc(c47)C34c3cc(C)ccc3-c3nc(-c7ccc(OC)cc7)c(-c7ccc(OC)cc7)n34)c65)N=C2c2ccc(OC)cc2)cc1. The van der Waals surface area contributed by atoms with E-state index < -0.39 is 5.54 Å². The standard InChI is InChI=1S/C73H68N4O4/c1-41-15-32-54-59(33-41)73(77-67(45-22-30-53(81-14)31-23-45)66(76-69(54)77)44-20-28-52(80-13)29-21-44)60-39-49(72(8,9)10)38-57-55-36-47(70(2,3)4)34-46-35-48(71(5,6)7)37-56(62(46)55)58(63(57)60)40-61(73)68-74-64(42-16-24-50(78-11)25-17-42)65(75-68)43-18-26-51(79-12)27-19-43/h15-40H,1-14H3. The third-order valence-electron chi connectivity index (χ3n) is 17.1. The fourth-order valence-corrected chi connectivity index (χ4v) is 12.6. The topological polar surface area (TPSA) is 79.5 Å². The summed E-state index contributed by atoms with van der Waals surface area (Å²) < 4.78 is 25.6. The van der Waals surface area contributed by atoms with E-state index in [0.29, 0.717) is 5.82 Å². The predicted molar refractivity (Wildman–Crippen MR) is 333 cm³/mol. The summed E-state index contributed by atoms with van der Waals surface area (Å²) >= 11 is 0. The predicted octanol–water partition coefficient (Wildman–Crippen LogP) is 16.4. The number of ether oxygens (including phenoxy) is 4. The van der Waals surface area contributed by atoms with Crippen molar-refractivity contribution in [2.24, 2.45) is 9.98 Å². The summed E-state index contributed by atoms with van der Waals surface area (Å²) in [6.45, 7) is 23.2. The highest BCUT2D eigenvalue weighted by Gasteiger charge is 2.54. The third-order valence-corrected chi connectivity index (χ3v) is 17.1. The van der Waals surface area contributed by atoms with E-state index in [1.807, 2.05) is 36.4 Å². The number of nitrogens with zero attached hydrogens (tertiary/aromatic N) is 4. The molecule has 0 amide bonds. The van der Waals surface area contributed by atoms with Crippen LogP contribution in [0.15, 0.2) is 173 Å². The lowest BCUT2D eigenvalue weighted by atomic mass is 9.68. The van der Waals surface area contributed by atoms with Crippen LogP contribution >= 0.6 is 0 Å². The smallest absolute Gasteiger partial charge is 0.159 e. The molecular weight excluding hydrogens is 997 g/mol. The molecule has 10 aromatic rings. The maximum atomic E-state index is 5.89. The Bertz CT molecular complexity index is 4330. The summed E-state index contributed by atoms with van der Waals surface area (Å²) in [5.74, 6) is 4.53. The molecule has 8 nitrogen and oxygen atoms in total. The summed E-state index contributed by atoms with van der Waals surface area (Å²) in [5, 5.41) is 8.54. The first-order valence-corrected chi connectivity index (χ1v) is 28.0. The van der Waals surface area contributed by atoms with Gasteiger partial charge in [0, 0.05) is 33.4 Å². The van der Waals surface area contributed by atoms with Gasteiger partial charge in [-0.15, -0.1) is 0 Å². The lowest BCUT2D eigenvalue weighted by Crippen LogP contribution is -2.40. The van der Waals surface area contributed by atoms with Gasteiger partial charge in [0.05, 0.1) is 51.3 Å². The first-order valence-electron chi connectivity index (χ1n) is 28.0. The van der Waals surface area contributed by atoms with Crippen LogP contribution in [0.2, 0.25) is 0 Å². The van der Waals surface area contributed by atoms with Crippen LogP contribution in [0.3, 0.4) is 0 Å². The molecular formula is C73H68N4O4. The summed E-state index contributed by atoms with van der Waals surface area (Å²) in [7, 11) is 6.82. The van der Waals surface area contributed by atoms with Gasteiger partial charge in [-0.1, -0.05) is 104 Å². The Kier molecular flexibility index (Phi) is 11.7. The van der Waals surface area contributed by atoms with Gasteiger partial charge in [-0.25, -0.2) is 15.0 Å². The normalized spacial score (nSPS) is 15.8. The lowest BCUT2D eigenvalue weighted by Gasteiger charge is -2.41. The number of fused-ring (bicyclic) bond motifs is 8. The fraction of sp³-hybridized carbons (Fsp3) is 0.247. The highest BCUT2D eigenvalue weighted by atomic mass is 16.5. The van der Waals surface area contributed by atoms with Crippen molar-refractivity contribution in [3.05, 3.63) is 213 Å². The Morgan fingerprint density at radius 1 is 0.444 bits per heavy atom. The van der Waals surface area contributed by atoms with Crippen LogP contribution in [0.25, 0.3) is 72.3 Å². The van der Waals surface area contributed by atoms with Gasteiger partial charge in [-0.2, -0.15) is 0 Å². The van der Waals surface area contributed by atoms with Gasteiger partial charge in [0.15, 0.2) is 5.82 Å². The van der Waals surface area contributed by atoms with Crippen molar-refractivity contribution < 1.29 is 18.9 Å². The number of allylic oxidation sites excluding steroid dienone is 1. The second-order valence-electron chi connectivity index (χ2n) is 25.2. The van der Waals surface area contributed by atoms with Gasteiger partial charge >= 0.3 is 0 Å². The zero-order valence-electron chi connectivity index (χ0n) is 48.9. The van der Waals surface area contributed by atoms with Crippen molar-refractivity contribution in [1.82, 2.24) is 9.55 Å². The minimum Gasteiger partial charge on any atom is -0.497 e.